The normalized spacial score (nSPS) is 15.2. The zero-order chi connectivity index (χ0) is 17.9. The maximum absolute atomic E-state index is 13.1. The Balaban J connectivity index is 1.70. The van der Waals surface area contributed by atoms with Crippen molar-refractivity contribution in [3.8, 4) is 11.4 Å². The minimum absolute atomic E-state index is 0.0308. The fourth-order valence-electron chi connectivity index (χ4n) is 3.17. The van der Waals surface area contributed by atoms with Crippen molar-refractivity contribution in [1.82, 2.24) is 25.1 Å². The summed E-state index contributed by atoms with van der Waals surface area (Å²) in [6, 6.07) is 14.7. The van der Waals surface area contributed by atoms with Gasteiger partial charge in [-0.3, -0.25) is 4.79 Å². The molecule has 0 radical (unpaired) electrons. The van der Waals surface area contributed by atoms with Gasteiger partial charge in [-0.25, -0.2) is 4.39 Å². The number of nitrogens with zero attached hydrogens (tertiary/aromatic N) is 5. The zero-order valence-corrected chi connectivity index (χ0v) is 14.1. The summed E-state index contributed by atoms with van der Waals surface area (Å²) in [5.41, 5.74) is 1.46. The predicted molar refractivity (Wildman–Crippen MR) is 93.6 cm³/mol. The van der Waals surface area contributed by atoms with Gasteiger partial charge in [0.25, 0.3) is 5.91 Å². The number of carbonyl (C=O) groups is 1. The minimum Gasteiger partial charge on any atom is -0.340 e. The number of likely N-dealkylation sites (tertiary alicyclic amines) is 1. The molecule has 1 aliphatic rings. The second-order valence-corrected chi connectivity index (χ2v) is 6.29. The van der Waals surface area contributed by atoms with Crippen LogP contribution >= 0.6 is 0 Å². The second kappa shape index (κ2) is 7.03. The van der Waals surface area contributed by atoms with Crippen LogP contribution in [0.2, 0.25) is 0 Å². The van der Waals surface area contributed by atoms with E-state index in [1.165, 1.54) is 16.9 Å². The van der Waals surface area contributed by atoms with Crippen LogP contribution in [0.3, 0.4) is 0 Å². The average Bonchev–Trinajstić information content (AvgIpc) is 3.36. The largest absolute Gasteiger partial charge is 0.340 e. The van der Waals surface area contributed by atoms with Gasteiger partial charge >= 0.3 is 0 Å². The Morgan fingerprint density at radius 1 is 1.00 bits per heavy atom. The van der Waals surface area contributed by atoms with Crippen LogP contribution in [0.25, 0.3) is 11.4 Å². The van der Waals surface area contributed by atoms with Crippen molar-refractivity contribution in [2.24, 2.45) is 0 Å². The van der Waals surface area contributed by atoms with Crippen LogP contribution in [0.5, 0.6) is 0 Å². The van der Waals surface area contributed by atoms with E-state index in [1.54, 1.807) is 12.1 Å². The highest BCUT2D eigenvalue weighted by atomic mass is 19.1. The highest BCUT2D eigenvalue weighted by Gasteiger charge is 2.31. The first kappa shape index (κ1) is 16.4. The van der Waals surface area contributed by atoms with Gasteiger partial charge in [-0.2, -0.15) is 0 Å². The van der Waals surface area contributed by atoms with Crippen molar-refractivity contribution in [2.45, 2.75) is 18.9 Å². The third-order valence-corrected chi connectivity index (χ3v) is 4.53. The molecule has 1 aliphatic heterocycles. The lowest BCUT2D eigenvalue weighted by Gasteiger charge is -2.22. The standard InChI is InChI=1S/C19H18FN5O/c20-16-10-8-15(9-11-16)18-21-23-25(22-18)17(14-6-2-1-3-7-14)19(26)24-12-4-5-13-24/h1-3,6-11,17H,4-5,12-13H2/t17-/m0/s1. The maximum Gasteiger partial charge on any atom is 0.254 e. The second-order valence-electron chi connectivity index (χ2n) is 6.29. The molecule has 6 nitrogen and oxygen atoms in total. The van der Waals surface area contributed by atoms with E-state index in [1.807, 2.05) is 35.2 Å². The molecule has 1 fully saturated rings. The van der Waals surface area contributed by atoms with Crippen LogP contribution in [0.1, 0.15) is 24.4 Å². The number of hydrogen-bond acceptors (Lipinski definition) is 4. The van der Waals surface area contributed by atoms with Gasteiger partial charge in [-0.1, -0.05) is 30.3 Å². The third-order valence-electron chi connectivity index (χ3n) is 4.53. The SMILES string of the molecule is O=C([C@H](c1ccccc1)n1nnc(-c2ccc(F)cc2)n1)N1CCCC1. The molecule has 0 N–H and O–H groups in total. The van der Waals surface area contributed by atoms with Crippen molar-refractivity contribution >= 4 is 5.91 Å². The van der Waals surface area contributed by atoms with E-state index < -0.39 is 6.04 Å². The lowest BCUT2D eigenvalue weighted by atomic mass is 10.1. The van der Waals surface area contributed by atoms with Crippen LogP contribution in [-0.4, -0.2) is 44.1 Å². The minimum atomic E-state index is -0.656. The Labute approximate surface area is 150 Å². The summed E-state index contributed by atoms with van der Waals surface area (Å²) in [6.45, 7) is 1.50. The molecule has 1 amide bonds. The van der Waals surface area contributed by atoms with E-state index in [9.17, 15) is 9.18 Å². The molecule has 2 aromatic carbocycles. The Hall–Kier alpha value is -3.09. The summed E-state index contributed by atoms with van der Waals surface area (Å²) < 4.78 is 13.1. The van der Waals surface area contributed by atoms with Crippen LogP contribution < -0.4 is 0 Å². The molecule has 0 saturated carbocycles. The third kappa shape index (κ3) is 3.20. The van der Waals surface area contributed by atoms with Gasteiger partial charge in [0.1, 0.15) is 5.82 Å². The molecule has 4 rings (SSSR count). The number of tetrazole rings is 1. The Morgan fingerprint density at radius 2 is 1.69 bits per heavy atom. The number of amides is 1. The Bertz CT molecular complexity index is 888. The monoisotopic (exact) mass is 351 g/mol. The molecule has 26 heavy (non-hydrogen) atoms. The summed E-state index contributed by atoms with van der Waals surface area (Å²) in [5.74, 6) is 0.00410. The number of halogens is 1. The molecule has 1 saturated heterocycles. The van der Waals surface area contributed by atoms with Crippen LogP contribution in [0.15, 0.2) is 54.6 Å². The summed E-state index contributed by atoms with van der Waals surface area (Å²) >= 11 is 0. The first-order chi connectivity index (χ1) is 12.7. The zero-order valence-electron chi connectivity index (χ0n) is 14.1. The number of rotatable bonds is 4. The predicted octanol–water partition coefficient (Wildman–Crippen LogP) is 2.69. The molecule has 7 heteroatoms. The highest BCUT2D eigenvalue weighted by Crippen LogP contribution is 2.23. The molecule has 132 valence electrons. The van der Waals surface area contributed by atoms with Crippen molar-refractivity contribution in [3.05, 3.63) is 66.0 Å². The fourth-order valence-corrected chi connectivity index (χ4v) is 3.17. The molecule has 2 heterocycles. The fraction of sp³-hybridized carbons (Fsp3) is 0.263. The smallest absolute Gasteiger partial charge is 0.254 e. The number of hydrogen-bond donors (Lipinski definition) is 0. The van der Waals surface area contributed by atoms with Crippen molar-refractivity contribution in [1.29, 1.82) is 0 Å². The lowest BCUT2D eigenvalue weighted by Crippen LogP contribution is -2.36. The van der Waals surface area contributed by atoms with Crippen molar-refractivity contribution < 1.29 is 9.18 Å². The number of benzene rings is 2. The molecular weight excluding hydrogens is 333 g/mol. The summed E-state index contributed by atoms with van der Waals surface area (Å²) in [5, 5.41) is 12.6. The van der Waals surface area contributed by atoms with Gasteiger partial charge < -0.3 is 4.90 Å². The van der Waals surface area contributed by atoms with Crippen LogP contribution in [-0.2, 0) is 4.79 Å². The van der Waals surface area contributed by atoms with Gasteiger partial charge in [0.2, 0.25) is 5.82 Å². The van der Waals surface area contributed by atoms with E-state index in [2.05, 4.69) is 15.4 Å². The van der Waals surface area contributed by atoms with Gasteiger partial charge in [0, 0.05) is 18.7 Å². The number of carbonyl (C=O) groups excluding carboxylic acids is 1. The molecule has 1 aromatic heterocycles. The number of aromatic nitrogens is 4. The highest BCUT2D eigenvalue weighted by molar-refractivity contribution is 5.83. The average molecular weight is 351 g/mol. The first-order valence-corrected chi connectivity index (χ1v) is 8.61. The maximum atomic E-state index is 13.1. The summed E-state index contributed by atoms with van der Waals surface area (Å²) in [4.78, 5) is 16.3. The van der Waals surface area contributed by atoms with E-state index >= 15 is 0 Å². The topological polar surface area (TPSA) is 63.9 Å². The lowest BCUT2D eigenvalue weighted by molar-refractivity contribution is -0.133. The van der Waals surface area contributed by atoms with Gasteiger partial charge in [0.15, 0.2) is 6.04 Å². The van der Waals surface area contributed by atoms with Gasteiger partial charge in [0.05, 0.1) is 0 Å². The molecule has 0 spiro atoms. The summed E-state index contributed by atoms with van der Waals surface area (Å²) in [6.07, 6.45) is 2.03. The van der Waals surface area contributed by atoms with Crippen LogP contribution in [0.4, 0.5) is 4.39 Å². The quantitative estimate of drug-likeness (QED) is 0.725. The first-order valence-electron chi connectivity index (χ1n) is 8.61. The van der Waals surface area contributed by atoms with Crippen molar-refractivity contribution in [2.75, 3.05) is 13.1 Å². The summed E-state index contributed by atoms with van der Waals surface area (Å²) in [7, 11) is 0. The molecular formula is C19H18FN5O. The molecule has 1 atom stereocenters. The van der Waals surface area contributed by atoms with E-state index in [0.717, 1.165) is 31.5 Å². The van der Waals surface area contributed by atoms with E-state index in [-0.39, 0.29) is 11.7 Å². The molecule has 3 aromatic rings. The molecule has 0 bridgehead atoms. The van der Waals surface area contributed by atoms with Gasteiger partial charge in [-0.05, 0) is 47.9 Å². The Kier molecular flexibility index (Phi) is 4.43. The van der Waals surface area contributed by atoms with E-state index in [0.29, 0.717) is 11.4 Å². The molecule has 0 unspecified atom stereocenters. The van der Waals surface area contributed by atoms with E-state index in [4.69, 9.17) is 0 Å². The van der Waals surface area contributed by atoms with Crippen molar-refractivity contribution in [3.63, 3.8) is 0 Å². The van der Waals surface area contributed by atoms with Crippen LogP contribution in [0, 0.1) is 5.82 Å². The van der Waals surface area contributed by atoms with Gasteiger partial charge in [-0.15, -0.1) is 15.0 Å². The molecule has 0 aliphatic carbocycles. The Morgan fingerprint density at radius 3 is 2.38 bits per heavy atom.